The Morgan fingerprint density at radius 1 is 1.56 bits per heavy atom. The van der Waals surface area contributed by atoms with E-state index in [1.807, 2.05) is 9.24 Å². The van der Waals surface area contributed by atoms with Gasteiger partial charge in [-0.15, -0.1) is 0 Å². The zero-order chi connectivity index (χ0) is 13.7. The van der Waals surface area contributed by atoms with E-state index in [1.165, 1.54) is 0 Å². The first-order chi connectivity index (χ1) is 8.41. The summed E-state index contributed by atoms with van der Waals surface area (Å²) in [6.07, 6.45) is 1.18. The van der Waals surface area contributed by atoms with E-state index < -0.39 is 12.1 Å². The van der Waals surface area contributed by atoms with Crippen molar-refractivity contribution in [3.05, 3.63) is 0 Å². The van der Waals surface area contributed by atoms with Gasteiger partial charge in [0, 0.05) is 0 Å². The van der Waals surface area contributed by atoms with Crippen molar-refractivity contribution in [3.63, 3.8) is 0 Å². The molecule has 0 aromatic carbocycles. The summed E-state index contributed by atoms with van der Waals surface area (Å²) in [5, 5.41) is 5.42. The Morgan fingerprint density at radius 2 is 2.22 bits per heavy atom. The van der Waals surface area contributed by atoms with Crippen LogP contribution in [0.2, 0.25) is 0 Å². The van der Waals surface area contributed by atoms with Crippen LogP contribution in [-0.2, 0) is 28.3 Å². The van der Waals surface area contributed by atoms with Gasteiger partial charge in [-0.3, -0.25) is 0 Å². The Balaban J connectivity index is 2.40. The first-order valence-electron chi connectivity index (χ1n) is 5.30. The Hall–Kier alpha value is -0.508. The number of amides is 3. The summed E-state index contributed by atoms with van der Waals surface area (Å²) in [7, 11) is 1.94. The summed E-state index contributed by atoms with van der Waals surface area (Å²) in [6.45, 7) is 0.405. The van der Waals surface area contributed by atoms with E-state index in [0.29, 0.717) is 23.6 Å². The Morgan fingerprint density at radius 3 is 2.78 bits per heavy atom. The van der Waals surface area contributed by atoms with Crippen LogP contribution in [0.25, 0.3) is 0 Å². The molecular formula is C9H15N4O3PPd. The SMILES string of the molecule is N[C](=[Pd])NCCCC1NC(=O)N(CC(=O)P)C1=O. The number of nitrogens with one attached hydrogen (secondary N) is 2. The molecule has 0 saturated carbocycles. The van der Waals surface area contributed by atoms with E-state index in [0.717, 1.165) is 4.90 Å². The zero-order valence-corrected chi connectivity index (χ0v) is 12.3. The molecule has 1 aliphatic heterocycles. The summed E-state index contributed by atoms with van der Waals surface area (Å²) in [5.74, 6) is -0.353. The second-order valence-electron chi connectivity index (χ2n) is 3.78. The third kappa shape index (κ3) is 4.64. The van der Waals surface area contributed by atoms with Gasteiger partial charge >= 0.3 is 117 Å². The molecule has 104 valence electrons. The molecule has 1 fully saturated rings. The molecule has 2 atom stereocenters. The number of urea groups is 1. The molecule has 4 N–H and O–H groups in total. The maximum absolute atomic E-state index is 11.8. The predicted molar refractivity (Wildman–Crippen MR) is 65.2 cm³/mol. The second-order valence-corrected chi connectivity index (χ2v) is 5.26. The van der Waals surface area contributed by atoms with Gasteiger partial charge in [-0.25, -0.2) is 0 Å². The van der Waals surface area contributed by atoms with Crippen LogP contribution in [0.15, 0.2) is 0 Å². The molecule has 7 nitrogen and oxygen atoms in total. The topological polar surface area (TPSA) is 105 Å². The van der Waals surface area contributed by atoms with Crippen molar-refractivity contribution in [2.75, 3.05) is 13.1 Å². The quantitative estimate of drug-likeness (QED) is 0.216. The number of rotatable bonds is 7. The fraction of sp³-hybridized carbons (Fsp3) is 0.556. The minimum absolute atomic E-state index is 0.201. The molecule has 18 heavy (non-hydrogen) atoms. The van der Waals surface area contributed by atoms with Gasteiger partial charge in [0.2, 0.25) is 0 Å². The van der Waals surface area contributed by atoms with Crippen molar-refractivity contribution in [2.24, 2.45) is 5.73 Å². The van der Waals surface area contributed by atoms with Crippen molar-refractivity contribution >= 4 is 30.9 Å². The molecule has 0 aliphatic carbocycles. The number of hydrogen-bond donors (Lipinski definition) is 3. The van der Waals surface area contributed by atoms with Crippen molar-refractivity contribution in [1.29, 1.82) is 0 Å². The van der Waals surface area contributed by atoms with Crippen LogP contribution in [-0.4, -0.2) is 45.7 Å². The van der Waals surface area contributed by atoms with Gasteiger partial charge in [-0.1, -0.05) is 0 Å². The van der Waals surface area contributed by atoms with Gasteiger partial charge in [0.1, 0.15) is 0 Å². The van der Waals surface area contributed by atoms with E-state index in [1.54, 1.807) is 0 Å². The molecule has 0 aromatic rings. The van der Waals surface area contributed by atoms with Gasteiger partial charge in [0.25, 0.3) is 0 Å². The van der Waals surface area contributed by atoms with Crippen LogP contribution in [0.4, 0.5) is 4.79 Å². The number of nitrogens with two attached hydrogens (primary N) is 1. The molecule has 0 aromatic heterocycles. The normalized spacial score (nSPS) is 19.1. The van der Waals surface area contributed by atoms with Crippen LogP contribution in [0.3, 0.4) is 0 Å². The van der Waals surface area contributed by atoms with Gasteiger partial charge in [0.05, 0.1) is 0 Å². The maximum atomic E-state index is 11.8. The van der Waals surface area contributed by atoms with E-state index in [2.05, 4.69) is 29.4 Å². The zero-order valence-electron chi connectivity index (χ0n) is 9.55. The van der Waals surface area contributed by atoms with Crippen molar-refractivity contribution in [1.82, 2.24) is 15.5 Å². The number of nitrogens with zero attached hydrogens (tertiary/aromatic N) is 1. The fourth-order valence-electron chi connectivity index (χ4n) is 1.58. The molecular weight excluding hydrogens is 350 g/mol. The third-order valence-electron chi connectivity index (χ3n) is 2.37. The molecule has 1 saturated heterocycles. The Labute approximate surface area is 117 Å². The third-order valence-corrected chi connectivity index (χ3v) is 2.83. The molecule has 1 heterocycles. The summed E-state index contributed by atoms with van der Waals surface area (Å²) in [6, 6.07) is -1.06. The van der Waals surface area contributed by atoms with Crippen molar-refractivity contribution < 1.29 is 33.1 Å². The van der Waals surface area contributed by atoms with Gasteiger partial charge in [-0.2, -0.15) is 0 Å². The van der Waals surface area contributed by atoms with Gasteiger partial charge in [0.15, 0.2) is 0 Å². The first-order valence-corrected chi connectivity index (χ1v) is 6.66. The van der Waals surface area contributed by atoms with E-state index in [9.17, 15) is 14.4 Å². The average Bonchev–Trinajstić information content (AvgIpc) is 2.51. The molecule has 9 heteroatoms. The number of carbonyl (C=O) groups is 3. The van der Waals surface area contributed by atoms with Crippen molar-refractivity contribution in [3.8, 4) is 0 Å². The van der Waals surface area contributed by atoms with Crippen LogP contribution < -0.4 is 16.4 Å². The van der Waals surface area contributed by atoms with Gasteiger partial charge < -0.3 is 0 Å². The number of carbonyl (C=O) groups excluding carboxylic acids is 3. The standard InChI is InChI=1S/C9H15N4O3P.Pd/c10-5-11-3-1-2-6-8(15)13(4-7(14)17)9(16)12-6;/h6,11H,1-4,10,17H2,(H,12,16);. The number of imide groups is 1. The molecule has 2 unspecified atom stereocenters. The van der Waals surface area contributed by atoms with Crippen molar-refractivity contribution in [2.45, 2.75) is 18.9 Å². The first kappa shape index (κ1) is 15.5. The number of hydrogen-bond acceptors (Lipinski definition) is 5. The minimum atomic E-state index is -0.552. The monoisotopic (exact) mass is 364 g/mol. The average molecular weight is 365 g/mol. The second kappa shape index (κ2) is 7.17. The molecule has 0 radical (unpaired) electrons. The summed E-state index contributed by atoms with van der Waals surface area (Å²) in [5.41, 5.74) is 5.07. The van der Waals surface area contributed by atoms with Crippen LogP contribution in [0.1, 0.15) is 12.8 Å². The summed E-state index contributed by atoms with van der Waals surface area (Å²) >= 11 is 2.78. The molecule has 0 bridgehead atoms. The van der Waals surface area contributed by atoms with Crippen LogP contribution in [0, 0.1) is 0 Å². The van der Waals surface area contributed by atoms with Gasteiger partial charge in [-0.05, 0) is 0 Å². The van der Waals surface area contributed by atoms with Crippen LogP contribution >= 0.6 is 9.24 Å². The van der Waals surface area contributed by atoms with Crippen LogP contribution in [0.5, 0.6) is 0 Å². The summed E-state index contributed by atoms with van der Waals surface area (Å²) < 4.78 is 0.468. The van der Waals surface area contributed by atoms with E-state index in [4.69, 9.17) is 5.73 Å². The predicted octanol–water partition coefficient (Wildman–Crippen LogP) is -1.73. The Kier molecular flexibility index (Phi) is 6.20. The van der Waals surface area contributed by atoms with E-state index >= 15 is 0 Å². The molecule has 3 amide bonds. The molecule has 1 rings (SSSR count). The molecule has 0 spiro atoms. The van der Waals surface area contributed by atoms with E-state index in [-0.39, 0.29) is 18.0 Å². The molecule has 1 aliphatic rings. The fourth-order valence-corrected chi connectivity index (χ4v) is 1.96. The summed E-state index contributed by atoms with van der Waals surface area (Å²) in [4.78, 5) is 35.1. The Bertz CT molecular complexity index is 390.